The molecule has 0 saturated carbocycles. The largest absolute Gasteiger partial charge is 0.481 e. The number of rotatable bonds is 5. The molecule has 0 spiro atoms. The molecular formula is C14H18N4O3. The number of aromatic amines is 1. The van der Waals surface area contributed by atoms with Crippen molar-refractivity contribution in [2.75, 3.05) is 20.7 Å². The summed E-state index contributed by atoms with van der Waals surface area (Å²) in [6.07, 6.45) is 0.502. The molecule has 0 bridgehead atoms. The van der Waals surface area contributed by atoms with Gasteiger partial charge >= 0.3 is 0 Å². The Kier molecular flexibility index (Phi) is 4.42. The number of aromatic nitrogens is 2. The standard InChI is InChI=1S/C14H18N4O3/c1-8(19)16-7-6-9-12-10(4-5-11(18-12)21-3)17-13(9)14(20)15-2/h4-5,17H,6-7H2,1-3H3,(H,15,20)(H,16,19). The van der Waals surface area contributed by atoms with E-state index >= 15 is 0 Å². The lowest BCUT2D eigenvalue weighted by Gasteiger charge is -2.05. The average molecular weight is 290 g/mol. The van der Waals surface area contributed by atoms with Crippen LogP contribution in [-0.4, -0.2) is 42.5 Å². The smallest absolute Gasteiger partial charge is 0.267 e. The third-order valence-electron chi connectivity index (χ3n) is 3.13. The van der Waals surface area contributed by atoms with Gasteiger partial charge in [-0.25, -0.2) is 4.98 Å². The Hall–Kier alpha value is -2.57. The van der Waals surface area contributed by atoms with Gasteiger partial charge in [-0.05, 0) is 12.5 Å². The van der Waals surface area contributed by atoms with E-state index in [1.165, 1.54) is 14.0 Å². The monoisotopic (exact) mass is 290 g/mol. The van der Waals surface area contributed by atoms with Crippen molar-refractivity contribution >= 4 is 22.8 Å². The lowest BCUT2D eigenvalue weighted by molar-refractivity contribution is -0.118. The molecule has 3 N–H and O–H groups in total. The van der Waals surface area contributed by atoms with Gasteiger partial charge in [0.1, 0.15) is 5.69 Å². The number of hydrogen-bond acceptors (Lipinski definition) is 4. The molecule has 0 aliphatic rings. The number of nitrogens with zero attached hydrogens (tertiary/aromatic N) is 1. The van der Waals surface area contributed by atoms with Crippen molar-refractivity contribution in [3.8, 4) is 5.88 Å². The Balaban J connectivity index is 2.44. The fourth-order valence-corrected chi connectivity index (χ4v) is 2.14. The summed E-state index contributed by atoms with van der Waals surface area (Å²) < 4.78 is 5.12. The van der Waals surface area contributed by atoms with Crippen LogP contribution in [0.1, 0.15) is 23.0 Å². The number of hydrogen-bond donors (Lipinski definition) is 3. The number of ether oxygens (including phenoxy) is 1. The van der Waals surface area contributed by atoms with Crippen LogP contribution in [-0.2, 0) is 11.2 Å². The number of pyridine rings is 1. The highest BCUT2D eigenvalue weighted by Crippen LogP contribution is 2.23. The van der Waals surface area contributed by atoms with Crippen LogP contribution in [0.25, 0.3) is 11.0 Å². The van der Waals surface area contributed by atoms with E-state index in [1.54, 1.807) is 13.1 Å². The van der Waals surface area contributed by atoms with Gasteiger partial charge in [0.15, 0.2) is 0 Å². The van der Waals surface area contributed by atoms with Crippen LogP contribution in [0.5, 0.6) is 5.88 Å². The van der Waals surface area contributed by atoms with E-state index in [4.69, 9.17) is 4.74 Å². The minimum atomic E-state index is -0.218. The van der Waals surface area contributed by atoms with E-state index in [9.17, 15) is 9.59 Å². The third-order valence-corrected chi connectivity index (χ3v) is 3.13. The molecule has 0 aliphatic carbocycles. The van der Waals surface area contributed by atoms with Crippen molar-refractivity contribution in [3.05, 3.63) is 23.4 Å². The molecule has 2 heterocycles. The predicted molar refractivity (Wildman–Crippen MR) is 78.4 cm³/mol. The second-order valence-electron chi connectivity index (χ2n) is 4.54. The van der Waals surface area contributed by atoms with Crippen LogP contribution in [0.4, 0.5) is 0 Å². The molecule has 0 saturated heterocycles. The Bertz CT molecular complexity index is 678. The highest BCUT2D eigenvalue weighted by molar-refractivity contribution is 6.00. The average Bonchev–Trinajstić information content (AvgIpc) is 2.84. The Morgan fingerprint density at radius 2 is 2.14 bits per heavy atom. The molecule has 112 valence electrons. The minimum absolute atomic E-state index is 0.109. The lowest BCUT2D eigenvalue weighted by Crippen LogP contribution is -2.24. The van der Waals surface area contributed by atoms with Crippen molar-refractivity contribution in [1.29, 1.82) is 0 Å². The van der Waals surface area contributed by atoms with E-state index in [0.29, 0.717) is 30.1 Å². The van der Waals surface area contributed by atoms with Crippen LogP contribution in [0.3, 0.4) is 0 Å². The molecule has 0 aromatic carbocycles. The van der Waals surface area contributed by atoms with Gasteiger partial charge in [0.05, 0.1) is 18.1 Å². The zero-order valence-corrected chi connectivity index (χ0v) is 12.2. The maximum Gasteiger partial charge on any atom is 0.267 e. The highest BCUT2D eigenvalue weighted by Gasteiger charge is 2.18. The molecule has 0 radical (unpaired) electrons. The first-order chi connectivity index (χ1) is 10.1. The second kappa shape index (κ2) is 6.25. The molecule has 2 aromatic rings. The van der Waals surface area contributed by atoms with Gasteiger partial charge in [0.2, 0.25) is 11.8 Å². The molecule has 2 amide bonds. The van der Waals surface area contributed by atoms with Gasteiger partial charge in [-0.2, -0.15) is 0 Å². The SMILES string of the molecule is CNC(=O)c1[nH]c2ccc(OC)nc2c1CCNC(C)=O. The molecule has 2 aromatic heterocycles. The van der Waals surface area contributed by atoms with Gasteiger partial charge in [-0.15, -0.1) is 0 Å². The van der Waals surface area contributed by atoms with Crippen LogP contribution < -0.4 is 15.4 Å². The number of amides is 2. The maximum atomic E-state index is 12.0. The summed E-state index contributed by atoms with van der Waals surface area (Å²) in [5.41, 5.74) is 2.65. The summed E-state index contributed by atoms with van der Waals surface area (Å²) in [4.78, 5) is 30.4. The molecule has 7 heteroatoms. The normalized spacial score (nSPS) is 10.4. The number of carbonyl (C=O) groups excluding carboxylic acids is 2. The molecule has 7 nitrogen and oxygen atoms in total. The van der Waals surface area contributed by atoms with Crippen LogP contribution >= 0.6 is 0 Å². The maximum absolute atomic E-state index is 12.0. The molecule has 0 aliphatic heterocycles. The number of methoxy groups -OCH3 is 1. The topological polar surface area (TPSA) is 96.1 Å². The second-order valence-corrected chi connectivity index (χ2v) is 4.54. The number of H-pyrrole nitrogens is 1. The van der Waals surface area contributed by atoms with Crippen LogP contribution in [0.2, 0.25) is 0 Å². The fraction of sp³-hybridized carbons (Fsp3) is 0.357. The highest BCUT2D eigenvalue weighted by atomic mass is 16.5. The molecule has 21 heavy (non-hydrogen) atoms. The van der Waals surface area contributed by atoms with Crippen LogP contribution in [0.15, 0.2) is 12.1 Å². The summed E-state index contributed by atoms with van der Waals surface area (Å²) in [7, 11) is 3.11. The summed E-state index contributed by atoms with van der Waals surface area (Å²) in [5, 5.41) is 5.31. The summed E-state index contributed by atoms with van der Waals surface area (Å²) in [5.74, 6) is 0.150. The molecule has 0 atom stereocenters. The quantitative estimate of drug-likeness (QED) is 0.751. The van der Waals surface area contributed by atoms with Gasteiger partial charge in [0.25, 0.3) is 5.91 Å². The van der Waals surface area contributed by atoms with Gasteiger partial charge in [-0.3, -0.25) is 9.59 Å². The Morgan fingerprint density at radius 3 is 2.76 bits per heavy atom. The van der Waals surface area contributed by atoms with E-state index in [1.807, 2.05) is 6.07 Å². The van der Waals surface area contributed by atoms with E-state index < -0.39 is 0 Å². The van der Waals surface area contributed by atoms with Crippen LogP contribution in [0, 0.1) is 0 Å². The fourth-order valence-electron chi connectivity index (χ4n) is 2.14. The number of fused-ring (bicyclic) bond motifs is 1. The summed E-state index contributed by atoms with van der Waals surface area (Å²) in [6.45, 7) is 1.89. The minimum Gasteiger partial charge on any atom is -0.481 e. The first-order valence-electron chi connectivity index (χ1n) is 6.59. The summed E-state index contributed by atoms with van der Waals surface area (Å²) in [6, 6.07) is 3.54. The van der Waals surface area contributed by atoms with Gasteiger partial charge in [0, 0.05) is 32.1 Å². The molecular weight excluding hydrogens is 272 g/mol. The molecule has 0 fully saturated rings. The van der Waals surface area contributed by atoms with Crippen molar-refractivity contribution in [2.24, 2.45) is 0 Å². The zero-order chi connectivity index (χ0) is 15.4. The predicted octanol–water partition coefficient (Wildman–Crippen LogP) is 0.610. The first kappa shape index (κ1) is 14.8. The van der Waals surface area contributed by atoms with E-state index in [-0.39, 0.29) is 11.8 Å². The molecule has 2 rings (SSSR count). The van der Waals surface area contributed by atoms with Crippen molar-refractivity contribution in [3.63, 3.8) is 0 Å². The first-order valence-corrected chi connectivity index (χ1v) is 6.59. The number of carbonyl (C=O) groups is 2. The zero-order valence-electron chi connectivity index (χ0n) is 12.2. The molecule has 0 unspecified atom stereocenters. The third kappa shape index (κ3) is 3.13. The van der Waals surface area contributed by atoms with Crippen molar-refractivity contribution in [2.45, 2.75) is 13.3 Å². The van der Waals surface area contributed by atoms with E-state index in [0.717, 1.165) is 11.1 Å². The van der Waals surface area contributed by atoms with Crippen molar-refractivity contribution in [1.82, 2.24) is 20.6 Å². The Labute approximate surface area is 122 Å². The number of nitrogens with one attached hydrogen (secondary N) is 3. The lowest BCUT2D eigenvalue weighted by atomic mass is 10.1. The van der Waals surface area contributed by atoms with Gasteiger partial charge in [-0.1, -0.05) is 0 Å². The Morgan fingerprint density at radius 1 is 1.38 bits per heavy atom. The van der Waals surface area contributed by atoms with E-state index in [2.05, 4.69) is 20.6 Å². The van der Waals surface area contributed by atoms with Gasteiger partial charge < -0.3 is 20.4 Å². The summed E-state index contributed by atoms with van der Waals surface area (Å²) >= 11 is 0. The van der Waals surface area contributed by atoms with Crippen molar-refractivity contribution < 1.29 is 14.3 Å².